The molecule has 2 N–H and O–H groups in total. The molecule has 0 aliphatic heterocycles. The average molecular weight is 336 g/mol. The molecule has 5 heteroatoms. The molecule has 0 saturated heterocycles. The molecule has 1 aromatic carbocycles. The number of hydrogen-bond donors (Lipinski definition) is 2. The van der Waals surface area contributed by atoms with E-state index in [0.29, 0.717) is 23.5 Å². The predicted octanol–water partition coefficient (Wildman–Crippen LogP) is 4.12. The summed E-state index contributed by atoms with van der Waals surface area (Å²) in [6.07, 6.45) is 0.841. The van der Waals surface area contributed by atoms with E-state index in [1.54, 1.807) is 18.2 Å². The van der Waals surface area contributed by atoms with Crippen LogP contribution in [0.4, 0.5) is 0 Å². The Kier molecular flexibility index (Phi) is 7.26. The Morgan fingerprint density at radius 2 is 1.46 bits per heavy atom. The van der Waals surface area contributed by atoms with Crippen LogP contribution in [0.25, 0.3) is 0 Å². The van der Waals surface area contributed by atoms with Crippen LogP contribution in [0.2, 0.25) is 0 Å². The zero-order valence-corrected chi connectivity index (χ0v) is 15.1. The minimum absolute atomic E-state index is 0.148. The zero-order valence-electron chi connectivity index (χ0n) is 15.1. The van der Waals surface area contributed by atoms with E-state index in [0.717, 1.165) is 6.42 Å². The van der Waals surface area contributed by atoms with Crippen molar-refractivity contribution in [2.24, 2.45) is 11.8 Å². The van der Waals surface area contributed by atoms with Gasteiger partial charge in [0.15, 0.2) is 0 Å². The third-order valence-corrected chi connectivity index (χ3v) is 4.07. The lowest BCUT2D eigenvalue weighted by Gasteiger charge is -2.26. The molecule has 1 rings (SSSR count). The molecule has 0 heterocycles. The summed E-state index contributed by atoms with van der Waals surface area (Å²) in [4.78, 5) is 23.5. The van der Waals surface area contributed by atoms with Crippen molar-refractivity contribution in [1.29, 1.82) is 0 Å². The van der Waals surface area contributed by atoms with Crippen LogP contribution >= 0.6 is 0 Å². The number of hydrogen-bond acceptors (Lipinski definition) is 3. The lowest BCUT2D eigenvalue weighted by atomic mass is 9.78. The third-order valence-electron chi connectivity index (χ3n) is 4.07. The molecule has 2 unspecified atom stereocenters. The molecule has 2 atom stereocenters. The normalized spacial score (nSPS) is 13.8. The van der Waals surface area contributed by atoms with Gasteiger partial charge in [-0.05, 0) is 41.5 Å². The van der Waals surface area contributed by atoms with Gasteiger partial charge in [0.05, 0.1) is 18.4 Å². The van der Waals surface area contributed by atoms with E-state index in [1.807, 2.05) is 34.6 Å². The van der Waals surface area contributed by atoms with Gasteiger partial charge in [-0.2, -0.15) is 0 Å². The fraction of sp³-hybridized carbons (Fsp3) is 0.579. The quantitative estimate of drug-likeness (QED) is 0.708. The van der Waals surface area contributed by atoms with Crippen molar-refractivity contribution in [2.75, 3.05) is 6.61 Å². The summed E-state index contributed by atoms with van der Waals surface area (Å²) in [6, 6.07) is 5.13. The molecule has 0 aromatic heterocycles. The summed E-state index contributed by atoms with van der Waals surface area (Å²) in [6.45, 7) is 9.83. The molecule has 0 saturated carbocycles. The minimum Gasteiger partial charge on any atom is -0.494 e. The fourth-order valence-electron chi connectivity index (χ4n) is 2.97. The van der Waals surface area contributed by atoms with Gasteiger partial charge in [0.2, 0.25) is 0 Å². The Morgan fingerprint density at radius 3 is 1.88 bits per heavy atom. The number of rotatable bonds is 9. The Balaban J connectivity index is 3.51. The maximum Gasteiger partial charge on any atom is 0.311 e. The van der Waals surface area contributed by atoms with Crippen molar-refractivity contribution in [3.8, 4) is 5.75 Å². The molecule has 1 aromatic rings. The van der Waals surface area contributed by atoms with Gasteiger partial charge in [-0.1, -0.05) is 40.7 Å². The Labute approximate surface area is 143 Å². The average Bonchev–Trinajstić information content (AvgIpc) is 2.45. The van der Waals surface area contributed by atoms with E-state index in [1.165, 1.54) is 0 Å². The van der Waals surface area contributed by atoms with Gasteiger partial charge in [0, 0.05) is 0 Å². The highest BCUT2D eigenvalue weighted by atomic mass is 16.5. The van der Waals surface area contributed by atoms with Crippen LogP contribution in [0.3, 0.4) is 0 Å². The predicted molar refractivity (Wildman–Crippen MR) is 92.7 cm³/mol. The van der Waals surface area contributed by atoms with Gasteiger partial charge in [-0.25, -0.2) is 0 Å². The number of benzene rings is 1. The van der Waals surface area contributed by atoms with Gasteiger partial charge in [-0.3, -0.25) is 9.59 Å². The molecule has 24 heavy (non-hydrogen) atoms. The number of carbonyl (C=O) groups is 2. The lowest BCUT2D eigenvalue weighted by Crippen LogP contribution is -2.24. The third kappa shape index (κ3) is 4.73. The van der Waals surface area contributed by atoms with Gasteiger partial charge in [-0.15, -0.1) is 0 Å². The summed E-state index contributed by atoms with van der Waals surface area (Å²) in [7, 11) is 0. The number of carboxylic acid groups (broad SMARTS) is 2. The Morgan fingerprint density at radius 1 is 0.958 bits per heavy atom. The molecular formula is C19H28O5. The molecule has 0 aliphatic carbocycles. The largest absolute Gasteiger partial charge is 0.494 e. The number of ether oxygens (including phenoxy) is 1. The lowest BCUT2D eigenvalue weighted by molar-refractivity contribution is -0.141. The SMILES string of the molecule is CCCOc1ccc(C(C(=O)O)C(C)C)c(C(C(=O)O)C(C)C)c1. The first-order chi connectivity index (χ1) is 11.2. The molecular weight excluding hydrogens is 308 g/mol. The first-order valence-electron chi connectivity index (χ1n) is 8.42. The van der Waals surface area contributed by atoms with Gasteiger partial charge in [0.1, 0.15) is 5.75 Å². The highest BCUT2D eigenvalue weighted by Gasteiger charge is 2.32. The van der Waals surface area contributed by atoms with E-state index in [2.05, 4.69) is 0 Å². The topological polar surface area (TPSA) is 83.8 Å². The highest BCUT2D eigenvalue weighted by molar-refractivity contribution is 5.81. The van der Waals surface area contributed by atoms with Crippen LogP contribution in [0, 0.1) is 11.8 Å². The van der Waals surface area contributed by atoms with Crippen LogP contribution in [0.1, 0.15) is 64.0 Å². The second-order valence-electron chi connectivity index (χ2n) is 6.76. The number of carboxylic acids is 2. The van der Waals surface area contributed by atoms with E-state index >= 15 is 0 Å². The molecule has 0 fully saturated rings. The highest BCUT2D eigenvalue weighted by Crippen LogP contribution is 2.37. The van der Waals surface area contributed by atoms with E-state index in [4.69, 9.17) is 4.74 Å². The maximum atomic E-state index is 11.8. The van der Waals surface area contributed by atoms with Crippen molar-refractivity contribution in [2.45, 2.75) is 52.9 Å². The van der Waals surface area contributed by atoms with Crippen molar-refractivity contribution < 1.29 is 24.5 Å². The monoisotopic (exact) mass is 336 g/mol. The fourth-order valence-corrected chi connectivity index (χ4v) is 2.97. The molecule has 134 valence electrons. The standard InChI is InChI=1S/C19H28O5/c1-6-9-24-13-7-8-14(16(11(2)3)18(20)21)15(10-13)17(12(4)5)19(22)23/h7-8,10-12,16-17H,6,9H2,1-5H3,(H,20,21)(H,22,23). The molecule has 0 spiro atoms. The van der Waals surface area contributed by atoms with Crippen LogP contribution in [0.15, 0.2) is 18.2 Å². The van der Waals surface area contributed by atoms with E-state index in [-0.39, 0.29) is 11.8 Å². The molecule has 0 aliphatic rings. The molecule has 0 radical (unpaired) electrons. The van der Waals surface area contributed by atoms with E-state index in [9.17, 15) is 19.8 Å². The summed E-state index contributed by atoms with van der Waals surface area (Å²) in [5.74, 6) is -3.15. The van der Waals surface area contributed by atoms with Crippen LogP contribution in [0.5, 0.6) is 5.75 Å². The maximum absolute atomic E-state index is 11.8. The van der Waals surface area contributed by atoms with Crippen LogP contribution in [-0.2, 0) is 9.59 Å². The number of aliphatic carboxylic acids is 2. The second kappa shape index (κ2) is 8.71. The summed E-state index contributed by atoms with van der Waals surface area (Å²) in [5, 5.41) is 19.3. The first-order valence-corrected chi connectivity index (χ1v) is 8.42. The van der Waals surface area contributed by atoms with Crippen LogP contribution < -0.4 is 4.74 Å². The van der Waals surface area contributed by atoms with Gasteiger partial charge in [0.25, 0.3) is 0 Å². The summed E-state index contributed by atoms with van der Waals surface area (Å²) < 4.78 is 5.62. The van der Waals surface area contributed by atoms with Crippen molar-refractivity contribution in [3.63, 3.8) is 0 Å². The Hall–Kier alpha value is -2.04. The molecule has 0 bridgehead atoms. The smallest absolute Gasteiger partial charge is 0.311 e. The van der Waals surface area contributed by atoms with E-state index < -0.39 is 23.8 Å². The summed E-state index contributed by atoms with van der Waals surface area (Å²) >= 11 is 0. The van der Waals surface area contributed by atoms with Crippen molar-refractivity contribution >= 4 is 11.9 Å². The van der Waals surface area contributed by atoms with Crippen molar-refractivity contribution in [3.05, 3.63) is 29.3 Å². The first kappa shape index (κ1) is 20.0. The van der Waals surface area contributed by atoms with Gasteiger partial charge < -0.3 is 14.9 Å². The van der Waals surface area contributed by atoms with Crippen molar-refractivity contribution in [1.82, 2.24) is 0 Å². The van der Waals surface area contributed by atoms with Gasteiger partial charge >= 0.3 is 11.9 Å². The zero-order chi connectivity index (χ0) is 18.4. The molecule has 0 amide bonds. The Bertz CT molecular complexity index is 577. The minimum atomic E-state index is -0.952. The van der Waals surface area contributed by atoms with Crippen LogP contribution in [-0.4, -0.2) is 28.8 Å². The molecule has 5 nitrogen and oxygen atoms in total. The summed E-state index contributed by atoms with van der Waals surface area (Å²) in [5.41, 5.74) is 1.09. The second-order valence-corrected chi connectivity index (χ2v) is 6.76.